The predicted octanol–water partition coefficient (Wildman–Crippen LogP) is 3.37. The zero-order chi connectivity index (χ0) is 25.4. The van der Waals surface area contributed by atoms with Crippen LogP contribution in [0.4, 0.5) is 4.39 Å². The van der Waals surface area contributed by atoms with Crippen LogP contribution in [0.15, 0.2) is 24.3 Å². The first-order chi connectivity index (χ1) is 17.1. The number of carbonyl (C=O) groups is 3. The van der Waals surface area contributed by atoms with Gasteiger partial charge in [-0.3, -0.25) is 14.5 Å². The predicted molar refractivity (Wildman–Crippen MR) is 120 cm³/mol. The van der Waals surface area contributed by atoms with Crippen molar-refractivity contribution in [2.24, 2.45) is 23.7 Å². The molecule has 1 saturated carbocycles. The van der Waals surface area contributed by atoms with Gasteiger partial charge in [-0.25, -0.2) is 19.0 Å². The quantitative estimate of drug-likeness (QED) is 0.350. The van der Waals surface area contributed by atoms with Crippen molar-refractivity contribution in [2.75, 3.05) is 6.54 Å². The summed E-state index contributed by atoms with van der Waals surface area (Å²) in [6.07, 6.45) is -0.856. The zero-order valence-corrected chi connectivity index (χ0v) is 20.5. The highest BCUT2D eigenvalue weighted by Gasteiger charge is 2.69. The fourth-order valence-corrected chi connectivity index (χ4v) is 6.83. The summed E-state index contributed by atoms with van der Waals surface area (Å²) in [7, 11) is 0. The smallest absolute Gasteiger partial charge is 0.344 e. The summed E-state index contributed by atoms with van der Waals surface area (Å²) in [4.78, 5) is 50.5. The molecule has 7 rings (SSSR count). The number of benzene rings is 1. The number of halogens is 1. The number of nitrogens with zero attached hydrogens (tertiary/aromatic N) is 1. The number of carbonyl (C=O) groups excluding carboxylic acids is 3. The van der Waals surface area contributed by atoms with Crippen molar-refractivity contribution in [1.29, 1.82) is 0 Å². The molecule has 2 amide bonds. The first kappa shape index (κ1) is 24.0. The number of hydrogen-bond acceptors (Lipinski definition) is 8. The van der Waals surface area contributed by atoms with E-state index in [2.05, 4.69) is 6.92 Å². The van der Waals surface area contributed by atoms with Crippen LogP contribution in [0.1, 0.15) is 67.2 Å². The van der Waals surface area contributed by atoms with Crippen LogP contribution >= 0.6 is 0 Å². The molecular formula is C26H30FNO8. The lowest BCUT2D eigenvalue weighted by Gasteiger charge is -2.59. The van der Waals surface area contributed by atoms with E-state index in [0.717, 1.165) is 24.2 Å². The number of imide groups is 1. The lowest BCUT2D eigenvalue weighted by molar-refractivity contribution is -0.576. The maximum atomic E-state index is 15.1. The van der Waals surface area contributed by atoms with Gasteiger partial charge in [-0.2, -0.15) is 0 Å². The molecule has 5 heterocycles. The van der Waals surface area contributed by atoms with Crippen LogP contribution < -0.4 is 0 Å². The summed E-state index contributed by atoms with van der Waals surface area (Å²) in [5.41, 5.74) is -0.449. The number of ether oxygens (including phenoxy) is 3. The Kier molecular flexibility index (Phi) is 5.53. The average molecular weight is 504 g/mol. The van der Waals surface area contributed by atoms with Gasteiger partial charge in [0.05, 0.1) is 17.7 Å². The summed E-state index contributed by atoms with van der Waals surface area (Å²) in [5, 5.41) is 0. The van der Waals surface area contributed by atoms with Crippen LogP contribution in [0.5, 0.6) is 0 Å². The molecule has 0 aromatic heterocycles. The van der Waals surface area contributed by atoms with E-state index in [9.17, 15) is 14.4 Å². The van der Waals surface area contributed by atoms with Crippen molar-refractivity contribution in [3.05, 3.63) is 35.4 Å². The van der Waals surface area contributed by atoms with Crippen molar-refractivity contribution in [3.63, 3.8) is 0 Å². The van der Waals surface area contributed by atoms with Crippen molar-refractivity contribution in [1.82, 2.24) is 4.90 Å². The highest BCUT2D eigenvalue weighted by Crippen LogP contribution is 2.60. The Labute approximate surface area is 208 Å². The molecule has 2 bridgehead atoms. The maximum absolute atomic E-state index is 15.1. The minimum atomic E-state index is -2.22. The molecule has 0 radical (unpaired) electrons. The van der Waals surface area contributed by atoms with Gasteiger partial charge in [0, 0.05) is 18.3 Å². The maximum Gasteiger partial charge on any atom is 0.344 e. The largest absolute Gasteiger partial charge is 0.433 e. The van der Waals surface area contributed by atoms with E-state index in [0.29, 0.717) is 12.3 Å². The van der Waals surface area contributed by atoms with Crippen molar-refractivity contribution >= 4 is 17.8 Å². The summed E-state index contributed by atoms with van der Waals surface area (Å²) in [6, 6.07) is 6.24. The second-order valence-corrected chi connectivity index (χ2v) is 10.9. The van der Waals surface area contributed by atoms with Crippen LogP contribution in [0, 0.1) is 23.7 Å². The molecule has 1 aliphatic carbocycles. The number of hydrogen-bond donors (Lipinski definition) is 0. The van der Waals surface area contributed by atoms with Gasteiger partial charge >= 0.3 is 5.97 Å². The Morgan fingerprint density at radius 2 is 1.81 bits per heavy atom. The molecule has 1 spiro atoms. The minimum absolute atomic E-state index is 0.0906. The topological polar surface area (TPSA) is 101 Å². The SMILES string of the molecule is C[C@H]1[C@H](OC(=O)[C@H](F)CN2C(=O)c3ccccc3C2=O)O[C@@H]2O[C@]3(C)CC[C@H]4[C@H](C)CC[C@@H]1[C@@]24OO3. The minimum Gasteiger partial charge on any atom is -0.433 e. The zero-order valence-electron chi connectivity index (χ0n) is 20.5. The molecule has 0 unspecified atom stereocenters. The molecule has 10 heteroatoms. The third-order valence-electron chi connectivity index (χ3n) is 8.81. The molecule has 5 fully saturated rings. The standard InChI is InChI=1S/C26H30FNO8/c1-13-8-9-18-14(2)23(33-24-26(18)17(13)10-11-25(3,34-24)35-36-26)32-22(31)19(27)12-28-20(29)15-6-4-5-7-16(15)21(28)30/h4-7,13-14,17-19,23-24H,8-12H2,1-3H3/t13-,14-,17+,18+,19-,23-,24-,25+,26-/m1/s1. The second-order valence-electron chi connectivity index (χ2n) is 10.9. The van der Waals surface area contributed by atoms with E-state index in [1.54, 1.807) is 19.1 Å². The third-order valence-corrected chi connectivity index (χ3v) is 8.81. The van der Waals surface area contributed by atoms with Gasteiger partial charge in [0.1, 0.15) is 0 Å². The van der Waals surface area contributed by atoms with Gasteiger partial charge in [0.15, 0.2) is 11.9 Å². The van der Waals surface area contributed by atoms with Gasteiger partial charge in [-0.15, -0.1) is 0 Å². The normalized spacial score (nSPS) is 41.9. The average Bonchev–Trinajstić information content (AvgIpc) is 2.97. The van der Waals surface area contributed by atoms with E-state index in [1.807, 2.05) is 6.92 Å². The van der Waals surface area contributed by atoms with E-state index in [-0.39, 0.29) is 28.9 Å². The van der Waals surface area contributed by atoms with Crippen molar-refractivity contribution < 1.29 is 42.8 Å². The van der Waals surface area contributed by atoms with Crippen LogP contribution in [-0.2, 0) is 28.8 Å². The number of fused-ring (bicyclic) bond motifs is 3. The molecule has 1 aromatic rings. The fraction of sp³-hybridized carbons (Fsp3) is 0.654. The Morgan fingerprint density at radius 1 is 1.11 bits per heavy atom. The molecule has 9 nitrogen and oxygen atoms in total. The van der Waals surface area contributed by atoms with Crippen molar-refractivity contribution in [2.45, 2.75) is 76.6 Å². The summed E-state index contributed by atoms with van der Waals surface area (Å²) >= 11 is 0. The first-order valence-electron chi connectivity index (χ1n) is 12.6. The Morgan fingerprint density at radius 3 is 2.50 bits per heavy atom. The van der Waals surface area contributed by atoms with Gasteiger partial charge in [0.25, 0.3) is 11.8 Å². The molecular weight excluding hydrogens is 473 g/mol. The van der Waals surface area contributed by atoms with E-state index < -0.39 is 54.5 Å². The van der Waals surface area contributed by atoms with E-state index in [1.165, 1.54) is 12.1 Å². The number of alkyl halides is 1. The molecule has 1 aromatic carbocycles. The Bertz CT molecular complexity index is 1080. The highest BCUT2D eigenvalue weighted by atomic mass is 19.1. The molecule has 5 aliphatic heterocycles. The molecule has 4 saturated heterocycles. The van der Waals surface area contributed by atoms with Crippen molar-refractivity contribution in [3.8, 4) is 0 Å². The van der Waals surface area contributed by atoms with Gasteiger partial charge in [-0.05, 0) is 50.2 Å². The van der Waals surface area contributed by atoms with Crippen LogP contribution in [0.3, 0.4) is 0 Å². The summed E-state index contributed by atoms with van der Waals surface area (Å²) in [5.74, 6) is -3.33. The number of esters is 1. The van der Waals surface area contributed by atoms with Crippen LogP contribution in [0.25, 0.3) is 0 Å². The molecule has 6 aliphatic rings. The van der Waals surface area contributed by atoms with Crippen LogP contribution in [0.2, 0.25) is 0 Å². The Hall–Kier alpha value is -2.40. The van der Waals surface area contributed by atoms with Gasteiger partial charge in [-0.1, -0.05) is 26.0 Å². The van der Waals surface area contributed by atoms with Gasteiger partial charge < -0.3 is 14.2 Å². The van der Waals surface area contributed by atoms with Crippen LogP contribution in [-0.4, -0.2) is 59.4 Å². The molecule has 36 heavy (non-hydrogen) atoms. The monoisotopic (exact) mass is 503 g/mol. The second kappa shape index (κ2) is 8.31. The fourth-order valence-electron chi connectivity index (χ4n) is 6.83. The lowest BCUT2D eigenvalue weighted by atomic mass is 9.58. The third kappa shape index (κ3) is 3.38. The number of rotatable bonds is 4. The van der Waals surface area contributed by atoms with E-state index >= 15 is 4.39 Å². The molecule has 194 valence electrons. The summed E-state index contributed by atoms with van der Waals surface area (Å²) < 4.78 is 32.9. The van der Waals surface area contributed by atoms with Gasteiger partial charge in [0.2, 0.25) is 18.2 Å². The molecule has 9 atom stereocenters. The Balaban J connectivity index is 1.18. The highest BCUT2D eigenvalue weighted by molar-refractivity contribution is 6.21. The lowest BCUT2D eigenvalue weighted by Crippen LogP contribution is -2.70. The number of amides is 2. The summed E-state index contributed by atoms with van der Waals surface area (Å²) in [6.45, 7) is 5.15. The molecule has 0 N–H and O–H groups in total. The first-order valence-corrected chi connectivity index (χ1v) is 12.6. The van der Waals surface area contributed by atoms with E-state index in [4.69, 9.17) is 24.0 Å².